The number of anilines is 1. The van der Waals surface area contributed by atoms with Gasteiger partial charge < -0.3 is 31.1 Å². The normalized spacial score (nSPS) is 11.4. The molecular formula is C24H27N5O7S. The largest absolute Gasteiger partial charge is 0.480 e. The molecule has 5 N–H and O–H groups in total. The Morgan fingerprint density at radius 1 is 1.00 bits per heavy atom. The van der Waals surface area contributed by atoms with Crippen LogP contribution in [0.25, 0.3) is 0 Å². The number of carbonyl (C=O) groups excluding carboxylic acids is 4. The molecule has 0 radical (unpaired) electrons. The molecule has 2 rings (SSSR count). The zero-order valence-electron chi connectivity index (χ0n) is 20.4. The van der Waals surface area contributed by atoms with Crippen LogP contribution in [-0.4, -0.2) is 59.6 Å². The van der Waals surface area contributed by atoms with E-state index in [1.807, 2.05) is 6.07 Å². The number of nitriles is 1. The van der Waals surface area contributed by atoms with Crippen molar-refractivity contribution < 1.29 is 33.8 Å². The summed E-state index contributed by atoms with van der Waals surface area (Å²) in [5.74, 6) is -2.82. The average Bonchev–Trinajstić information content (AvgIpc) is 3.30. The fourth-order valence-electron chi connectivity index (χ4n) is 2.82. The van der Waals surface area contributed by atoms with Crippen molar-refractivity contribution in [3.05, 3.63) is 51.7 Å². The molecule has 13 heteroatoms. The summed E-state index contributed by atoms with van der Waals surface area (Å²) in [7, 11) is 0. The molecule has 1 heterocycles. The van der Waals surface area contributed by atoms with Gasteiger partial charge in [-0.1, -0.05) is 12.1 Å². The third kappa shape index (κ3) is 10.4. The zero-order valence-corrected chi connectivity index (χ0v) is 21.2. The summed E-state index contributed by atoms with van der Waals surface area (Å²) in [5, 5.41) is 27.9. The lowest BCUT2D eigenvalue weighted by molar-refractivity contribution is -0.139. The highest BCUT2D eigenvalue weighted by Crippen LogP contribution is 2.15. The van der Waals surface area contributed by atoms with Crippen LogP contribution in [0.5, 0.6) is 0 Å². The molecule has 0 fully saturated rings. The molecule has 0 aliphatic rings. The third-order valence-electron chi connectivity index (χ3n) is 4.46. The van der Waals surface area contributed by atoms with E-state index in [-0.39, 0.29) is 19.5 Å². The van der Waals surface area contributed by atoms with Crippen molar-refractivity contribution in [1.29, 1.82) is 5.26 Å². The van der Waals surface area contributed by atoms with Crippen LogP contribution in [0.4, 0.5) is 10.5 Å². The second kappa shape index (κ2) is 13.0. The molecule has 0 bridgehead atoms. The molecular weight excluding hydrogens is 502 g/mol. The summed E-state index contributed by atoms with van der Waals surface area (Å²) in [6.45, 7) is 4.31. The van der Waals surface area contributed by atoms with E-state index in [2.05, 4.69) is 21.3 Å². The first kappa shape index (κ1) is 28.8. The summed E-state index contributed by atoms with van der Waals surface area (Å²) in [6, 6.07) is 9.99. The third-order valence-corrected chi connectivity index (χ3v) is 5.45. The summed E-state index contributed by atoms with van der Waals surface area (Å²) in [6.07, 6.45) is -0.849. The van der Waals surface area contributed by atoms with E-state index in [1.54, 1.807) is 45.0 Å². The molecule has 1 atom stereocenters. The molecule has 0 aliphatic heterocycles. The molecule has 0 aliphatic carbocycles. The number of aliphatic carboxylic acids is 1. The Bertz CT molecular complexity index is 1200. The predicted molar refractivity (Wildman–Crippen MR) is 134 cm³/mol. The standard InChI is InChI=1S/C24H27N5O7S/c1-24(2,3)36-23(35)29-17(22(33)34)10-14-4-6-15(7-5-14)28-20(31)13-26-19(30)12-27-21(32)18-9-8-16(11-25)37-18/h4-9,17H,10,12-13H2,1-3H3,(H,26,30)(H,27,32)(H,28,31)(H,29,35)(H,33,34). The van der Waals surface area contributed by atoms with Crippen LogP contribution in [0, 0.1) is 11.3 Å². The van der Waals surface area contributed by atoms with Gasteiger partial charge in [-0.3, -0.25) is 14.4 Å². The Hall–Kier alpha value is -4.44. The number of ether oxygens (including phenoxy) is 1. The van der Waals surface area contributed by atoms with Crippen LogP contribution < -0.4 is 21.3 Å². The zero-order chi connectivity index (χ0) is 27.6. The predicted octanol–water partition coefficient (Wildman–Crippen LogP) is 1.62. The van der Waals surface area contributed by atoms with Crippen molar-refractivity contribution in [1.82, 2.24) is 16.0 Å². The van der Waals surface area contributed by atoms with E-state index >= 15 is 0 Å². The molecule has 0 saturated carbocycles. The molecule has 1 aromatic heterocycles. The summed E-state index contributed by atoms with van der Waals surface area (Å²) in [5.41, 5.74) is 0.237. The van der Waals surface area contributed by atoms with Crippen LogP contribution in [0.2, 0.25) is 0 Å². The minimum absolute atomic E-state index is 0.00607. The Morgan fingerprint density at radius 2 is 1.65 bits per heavy atom. The van der Waals surface area contributed by atoms with Gasteiger partial charge in [-0.25, -0.2) is 9.59 Å². The molecule has 1 unspecified atom stereocenters. The second-order valence-electron chi connectivity index (χ2n) is 8.72. The lowest BCUT2D eigenvalue weighted by Crippen LogP contribution is -2.44. The van der Waals surface area contributed by atoms with Gasteiger partial charge in [0, 0.05) is 12.1 Å². The van der Waals surface area contributed by atoms with Gasteiger partial charge in [0.05, 0.1) is 18.0 Å². The highest BCUT2D eigenvalue weighted by Gasteiger charge is 2.24. The van der Waals surface area contributed by atoms with Crippen molar-refractivity contribution in [2.75, 3.05) is 18.4 Å². The van der Waals surface area contributed by atoms with Crippen LogP contribution >= 0.6 is 11.3 Å². The topological polar surface area (TPSA) is 187 Å². The van der Waals surface area contributed by atoms with E-state index in [9.17, 15) is 29.1 Å². The number of benzene rings is 1. The van der Waals surface area contributed by atoms with Crippen molar-refractivity contribution in [3.8, 4) is 6.07 Å². The van der Waals surface area contributed by atoms with Crippen LogP contribution in [0.1, 0.15) is 40.9 Å². The SMILES string of the molecule is CC(C)(C)OC(=O)NC(Cc1ccc(NC(=O)CNC(=O)CNC(=O)c2ccc(C#N)s2)cc1)C(=O)O. The first-order chi connectivity index (χ1) is 17.4. The van der Waals surface area contributed by atoms with Crippen LogP contribution in [-0.2, 0) is 25.5 Å². The summed E-state index contributed by atoms with van der Waals surface area (Å²) >= 11 is 1.000. The number of carboxylic acids is 1. The average molecular weight is 530 g/mol. The van der Waals surface area contributed by atoms with Crippen LogP contribution in [0.3, 0.4) is 0 Å². The Labute approximate surface area is 217 Å². The van der Waals surface area contributed by atoms with E-state index in [1.165, 1.54) is 12.1 Å². The van der Waals surface area contributed by atoms with Gasteiger partial charge in [0.1, 0.15) is 22.6 Å². The fourth-order valence-corrected chi connectivity index (χ4v) is 3.54. The molecule has 37 heavy (non-hydrogen) atoms. The number of alkyl carbamates (subject to hydrolysis) is 1. The quantitative estimate of drug-likeness (QED) is 0.307. The number of carboxylic acid groups (broad SMARTS) is 1. The van der Waals surface area contributed by atoms with E-state index in [4.69, 9.17) is 10.00 Å². The summed E-state index contributed by atoms with van der Waals surface area (Å²) in [4.78, 5) is 60.1. The van der Waals surface area contributed by atoms with Crippen molar-refractivity contribution in [2.45, 2.75) is 38.8 Å². The molecule has 0 saturated heterocycles. The van der Waals surface area contributed by atoms with Gasteiger partial charge >= 0.3 is 12.1 Å². The number of amides is 4. The molecule has 1 aromatic carbocycles. The van der Waals surface area contributed by atoms with Gasteiger partial charge in [0.15, 0.2) is 0 Å². The number of hydrogen-bond acceptors (Lipinski definition) is 8. The van der Waals surface area contributed by atoms with E-state index < -0.39 is 41.4 Å². The maximum atomic E-state index is 12.1. The van der Waals surface area contributed by atoms with Gasteiger partial charge in [-0.05, 0) is 50.6 Å². The van der Waals surface area contributed by atoms with Gasteiger partial charge in [-0.2, -0.15) is 5.26 Å². The summed E-state index contributed by atoms with van der Waals surface area (Å²) < 4.78 is 5.09. The van der Waals surface area contributed by atoms with Gasteiger partial charge in [0.2, 0.25) is 11.8 Å². The maximum absolute atomic E-state index is 12.1. The minimum atomic E-state index is -1.22. The van der Waals surface area contributed by atoms with Crippen molar-refractivity contribution >= 4 is 46.8 Å². The lowest BCUT2D eigenvalue weighted by atomic mass is 10.1. The maximum Gasteiger partial charge on any atom is 0.408 e. The van der Waals surface area contributed by atoms with Gasteiger partial charge in [0.25, 0.3) is 5.91 Å². The Balaban J connectivity index is 1.78. The Morgan fingerprint density at radius 3 is 2.22 bits per heavy atom. The highest BCUT2D eigenvalue weighted by atomic mass is 32.1. The fraction of sp³-hybridized carbons (Fsp3) is 0.333. The Kier molecular flexibility index (Phi) is 10.1. The molecule has 196 valence electrons. The lowest BCUT2D eigenvalue weighted by Gasteiger charge is -2.22. The van der Waals surface area contributed by atoms with Crippen molar-refractivity contribution in [2.24, 2.45) is 0 Å². The molecule has 4 amide bonds. The minimum Gasteiger partial charge on any atom is -0.480 e. The van der Waals surface area contributed by atoms with E-state index in [0.717, 1.165) is 11.3 Å². The number of carbonyl (C=O) groups is 5. The van der Waals surface area contributed by atoms with Gasteiger partial charge in [-0.15, -0.1) is 11.3 Å². The molecule has 0 spiro atoms. The number of nitrogens with zero attached hydrogens (tertiary/aromatic N) is 1. The second-order valence-corrected chi connectivity index (χ2v) is 9.81. The number of nitrogens with one attached hydrogen (secondary N) is 4. The monoisotopic (exact) mass is 529 g/mol. The highest BCUT2D eigenvalue weighted by molar-refractivity contribution is 7.14. The first-order valence-corrected chi connectivity index (χ1v) is 11.8. The van der Waals surface area contributed by atoms with Crippen LogP contribution in [0.15, 0.2) is 36.4 Å². The van der Waals surface area contributed by atoms with Crippen molar-refractivity contribution in [3.63, 3.8) is 0 Å². The number of rotatable bonds is 10. The smallest absolute Gasteiger partial charge is 0.408 e. The number of thiophene rings is 1. The number of hydrogen-bond donors (Lipinski definition) is 5. The molecule has 12 nitrogen and oxygen atoms in total. The molecule has 2 aromatic rings. The van der Waals surface area contributed by atoms with E-state index in [0.29, 0.717) is 21.0 Å². The first-order valence-electron chi connectivity index (χ1n) is 11.0.